The van der Waals surface area contributed by atoms with E-state index in [0.29, 0.717) is 17.6 Å². The number of nitrogens with zero attached hydrogens (tertiary/aromatic N) is 3. The van der Waals surface area contributed by atoms with Crippen molar-refractivity contribution in [2.24, 2.45) is 5.10 Å². The van der Waals surface area contributed by atoms with Gasteiger partial charge in [-0.05, 0) is 41.9 Å². The fourth-order valence-electron chi connectivity index (χ4n) is 1.97. The van der Waals surface area contributed by atoms with Crippen molar-refractivity contribution in [3.8, 4) is 0 Å². The maximum atomic E-state index is 8.46. The second kappa shape index (κ2) is 10.3. The minimum Gasteiger partial charge on any atom is -0.389 e. The Bertz CT molecular complexity index is 760. The zero-order valence-corrected chi connectivity index (χ0v) is 18.8. The zero-order chi connectivity index (χ0) is 21.4. The van der Waals surface area contributed by atoms with Crippen LogP contribution >= 0.6 is 15.9 Å². The van der Waals surface area contributed by atoms with Gasteiger partial charge in [0.1, 0.15) is 35.2 Å². The number of hydrogen-bond acceptors (Lipinski definition) is 9. The Labute approximate surface area is 177 Å². The highest BCUT2D eigenvalue weighted by atomic mass is 79.9. The summed E-state index contributed by atoms with van der Waals surface area (Å²) < 4.78 is 0.774. The Balaban J connectivity index is 3.14. The first-order valence-corrected chi connectivity index (χ1v) is 9.69. The van der Waals surface area contributed by atoms with Crippen LogP contribution in [-0.2, 0) is 0 Å². The van der Waals surface area contributed by atoms with Crippen LogP contribution in [-0.4, -0.2) is 69.0 Å². The first kappa shape index (κ1) is 23.7. The molecule has 0 saturated heterocycles. The van der Waals surface area contributed by atoms with Gasteiger partial charge in [0, 0.05) is 25.0 Å². The number of aromatic nitrogens is 2. The summed E-state index contributed by atoms with van der Waals surface area (Å²) in [7, 11) is 6.07. The van der Waals surface area contributed by atoms with Crippen LogP contribution in [0.5, 0.6) is 0 Å². The molecular weight excluding hydrogens is 419 g/mol. The molecule has 0 aromatic carbocycles. The molecule has 0 aliphatic carbocycles. The van der Waals surface area contributed by atoms with Crippen LogP contribution in [0.4, 0.5) is 11.8 Å². The summed E-state index contributed by atoms with van der Waals surface area (Å²) in [4.78, 5) is 8.76. The van der Waals surface area contributed by atoms with E-state index in [0.717, 1.165) is 17.2 Å². The summed E-state index contributed by atoms with van der Waals surface area (Å²) in [5.41, 5.74) is 2.43. The van der Waals surface area contributed by atoms with Crippen LogP contribution in [0.1, 0.15) is 20.8 Å². The first-order chi connectivity index (χ1) is 13.0. The monoisotopic (exact) mass is 445 g/mol. The predicted octanol–water partition coefficient (Wildman–Crippen LogP) is -0.952. The fraction of sp³-hybridized carbons (Fsp3) is 0.400. The zero-order valence-electron chi connectivity index (χ0n) is 17.2. The molecule has 0 atom stereocenters. The fourth-order valence-corrected chi connectivity index (χ4v) is 2.30. The van der Waals surface area contributed by atoms with E-state index >= 15 is 0 Å². The second-order valence-electron chi connectivity index (χ2n) is 7.57. The normalized spacial score (nSPS) is 12.5. The first-order valence-electron chi connectivity index (χ1n) is 8.90. The lowest BCUT2D eigenvalue weighted by Crippen LogP contribution is -2.49. The van der Waals surface area contributed by atoms with Crippen LogP contribution in [0.3, 0.4) is 0 Å². The van der Waals surface area contributed by atoms with Crippen LogP contribution < -0.4 is 21.4 Å². The molecule has 148 valence electrons. The average Bonchev–Trinajstić information content (AvgIpc) is 2.56. The number of nitrogens with one attached hydrogen (secondary N) is 6. The highest BCUT2D eigenvalue weighted by Gasteiger charge is 2.23. The molecule has 0 amide bonds. The largest absolute Gasteiger partial charge is 0.389 e. The summed E-state index contributed by atoms with van der Waals surface area (Å²) in [6.07, 6.45) is 5.74. The highest BCUT2D eigenvalue weighted by Crippen LogP contribution is 2.20. The highest BCUT2D eigenvalue weighted by molar-refractivity contribution is 9.10. The number of rotatable bonds is 11. The minimum atomic E-state index is -0.735. The molecule has 6 N–H and O–H groups in total. The molecule has 0 radical (unpaired) electrons. The van der Waals surface area contributed by atoms with Gasteiger partial charge in [0.25, 0.3) is 0 Å². The van der Waals surface area contributed by atoms with E-state index in [9.17, 15) is 0 Å². The molecule has 9 nitrogen and oxygen atoms in total. The van der Waals surface area contributed by atoms with Gasteiger partial charge >= 0.3 is 0 Å². The van der Waals surface area contributed by atoms with Gasteiger partial charge in [-0.15, -0.1) is 0 Å². The Morgan fingerprint density at radius 2 is 2.04 bits per heavy atom. The lowest BCUT2D eigenvalue weighted by Gasteiger charge is -2.28. The molecule has 0 fully saturated rings. The Morgan fingerprint density at radius 1 is 1.36 bits per heavy atom. The van der Waals surface area contributed by atoms with Crippen LogP contribution in [0, 0.1) is 10.8 Å². The van der Waals surface area contributed by atoms with Crippen LogP contribution in [0.15, 0.2) is 27.7 Å². The van der Waals surface area contributed by atoms with Gasteiger partial charge in [-0.2, -0.15) is 10.1 Å². The third-order valence-corrected chi connectivity index (χ3v) is 3.88. The summed E-state index contributed by atoms with van der Waals surface area (Å²) >= 11 is 3.43. The van der Waals surface area contributed by atoms with E-state index in [1.807, 2.05) is 44.3 Å². The van der Waals surface area contributed by atoms with Gasteiger partial charge in [0.05, 0.1) is 21.9 Å². The summed E-state index contributed by atoms with van der Waals surface area (Å²) in [6.45, 7) is 6.40. The van der Waals surface area contributed by atoms with Crippen molar-refractivity contribution in [3.63, 3.8) is 0 Å². The number of hydrogen-bond donors (Lipinski definition) is 6. The molecular formula is C15H27B3BrN9. The van der Waals surface area contributed by atoms with Crippen molar-refractivity contribution in [3.05, 3.63) is 22.6 Å². The minimum absolute atomic E-state index is 0.241. The average molecular weight is 446 g/mol. The van der Waals surface area contributed by atoms with Gasteiger partial charge < -0.3 is 26.8 Å². The molecule has 1 heterocycles. The summed E-state index contributed by atoms with van der Waals surface area (Å²) in [5, 5.41) is 28.8. The lowest BCUT2D eigenvalue weighted by molar-refractivity contribution is 0.528. The maximum Gasteiger partial charge on any atom is 0.230 e. The van der Waals surface area contributed by atoms with Gasteiger partial charge in [0.15, 0.2) is 0 Å². The van der Waals surface area contributed by atoms with Crippen molar-refractivity contribution < 1.29 is 0 Å². The topological polar surface area (TPSA) is 134 Å². The number of hydrazone groups is 1. The molecule has 0 aliphatic heterocycles. The van der Waals surface area contributed by atoms with E-state index in [1.165, 1.54) is 6.21 Å². The van der Waals surface area contributed by atoms with Gasteiger partial charge in [-0.3, -0.25) is 5.43 Å². The van der Waals surface area contributed by atoms with Crippen molar-refractivity contribution >= 4 is 69.4 Å². The number of halogens is 1. The van der Waals surface area contributed by atoms with E-state index < -0.39 is 5.54 Å². The predicted molar refractivity (Wildman–Crippen MR) is 129 cm³/mol. The third kappa shape index (κ3) is 8.16. The molecule has 13 heteroatoms. The van der Waals surface area contributed by atoms with Gasteiger partial charge in [0.2, 0.25) is 5.95 Å². The molecule has 0 bridgehead atoms. The van der Waals surface area contributed by atoms with E-state index in [2.05, 4.69) is 52.4 Å². The third-order valence-electron chi connectivity index (χ3n) is 3.30. The quantitative estimate of drug-likeness (QED) is 0.148. The van der Waals surface area contributed by atoms with E-state index in [-0.39, 0.29) is 10.9 Å². The van der Waals surface area contributed by atoms with Crippen molar-refractivity contribution in [2.75, 3.05) is 17.2 Å². The summed E-state index contributed by atoms with van der Waals surface area (Å²) in [5.74, 6) is 1.68. The standard InChI is InChI=1S/C15H27B3BrN9/c1-4-22-12-9(19)8-23-13(26-12)25-11(27-15(16,17)18)7-10(21)14(2,3)28-24-6-5-20/h5-8,20-21,27-28H,4,16-18H2,1-3H3,(H2,22,23,25,26)/b11-7-,20-5?,21-10?,24-6-. The smallest absolute Gasteiger partial charge is 0.230 e. The molecule has 28 heavy (non-hydrogen) atoms. The van der Waals surface area contributed by atoms with Gasteiger partial charge in [-0.25, -0.2) is 4.98 Å². The van der Waals surface area contributed by atoms with Gasteiger partial charge in [-0.1, -0.05) is 0 Å². The SMILES string of the molecule is BC(B)(B)N/C(=C\C(=N)C(C)(C)N/N=C\C=N)Nc1ncc(Br)c(NCC)n1. The summed E-state index contributed by atoms with van der Waals surface area (Å²) in [6, 6.07) is 0. The molecule has 0 saturated carbocycles. The Kier molecular flexibility index (Phi) is 8.74. The van der Waals surface area contributed by atoms with Crippen molar-refractivity contribution in [1.29, 1.82) is 10.8 Å². The second-order valence-corrected chi connectivity index (χ2v) is 8.43. The van der Waals surface area contributed by atoms with Crippen molar-refractivity contribution in [1.82, 2.24) is 20.7 Å². The lowest BCUT2D eigenvalue weighted by atomic mass is 9.49. The molecule has 1 rings (SSSR count). The molecule has 1 aromatic heterocycles. The van der Waals surface area contributed by atoms with Crippen LogP contribution in [0.25, 0.3) is 0 Å². The Morgan fingerprint density at radius 3 is 2.61 bits per heavy atom. The number of anilines is 2. The maximum absolute atomic E-state index is 8.46. The molecule has 1 aromatic rings. The molecule has 0 unspecified atom stereocenters. The van der Waals surface area contributed by atoms with Crippen LogP contribution in [0.2, 0.25) is 0 Å². The van der Waals surface area contributed by atoms with E-state index in [1.54, 1.807) is 12.3 Å². The van der Waals surface area contributed by atoms with Crippen molar-refractivity contribution in [2.45, 2.75) is 31.5 Å². The Hall–Kier alpha value is -2.30. The molecule has 0 spiro atoms. The molecule has 0 aliphatic rings. The van der Waals surface area contributed by atoms with E-state index in [4.69, 9.17) is 10.8 Å².